The zero-order valence-electron chi connectivity index (χ0n) is 11.7. The van der Waals surface area contributed by atoms with Crippen molar-refractivity contribution in [2.24, 2.45) is 7.05 Å². The Morgan fingerprint density at radius 3 is 2.63 bits per heavy atom. The second kappa shape index (κ2) is 5.70. The summed E-state index contributed by atoms with van der Waals surface area (Å²) in [4.78, 5) is 0. The van der Waals surface area contributed by atoms with Crippen LogP contribution in [-0.4, -0.2) is 9.78 Å². The number of benzene rings is 1. The summed E-state index contributed by atoms with van der Waals surface area (Å²) in [6.45, 7) is 9.99. The van der Waals surface area contributed by atoms with Crippen molar-refractivity contribution in [1.29, 1.82) is 0 Å². The maximum atomic E-state index is 4.64. The van der Waals surface area contributed by atoms with Crippen molar-refractivity contribution in [1.82, 2.24) is 9.78 Å². The average Bonchev–Trinajstić information content (AvgIpc) is 2.68. The van der Waals surface area contributed by atoms with Crippen LogP contribution in [-0.2, 0) is 13.5 Å². The quantitative estimate of drug-likeness (QED) is 0.733. The smallest absolute Gasteiger partial charge is 0.0961 e. The van der Waals surface area contributed by atoms with Gasteiger partial charge >= 0.3 is 0 Å². The predicted octanol–water partition coefficient (Wildman–Crippen LogP) is 4.07. The van der Waals surface area contributed by atoms with E-state index in [4.69, 9.17) is 0 Å². The molecule has 2 heteroatoms. The van der Waals surface area contributed by atoms with Crippen LogP contribution in [0, 0.1) is 6.92 Å². The van der Waals surface area contributed by atoms with Gasteiger partial charge in [0.05, 0.1) is 5.69 Å². The lowest BCUT2D eigenvalue weighted by Gasteiger charge is -2.06. The van der Waals surface area contributed by atoms with E-state index >= 15 is 0 Å². The topological polar surface area (TPSA) is 17.8 Å². The predicted molar refractivity (Wildman–Crippen MR) is 81.0 cm³/mol. The minimum Gasteiger partial charge on any atom is -0.272 e. The zero-order chi connectivity index (χ0) is 13.8. The van der Waals surface area contributed by atoms with E-state index in [-0.39, 0.29) is 0 Å². The van der Waals surface area contributed by atoms with Crippen LogP contribution in [0.1, 0.15) is 17.7 Å². The van der Waals surface area contributed by atoms with Crippen LogP contribution in [0.3, 0.4) is 0 Å². The van der Waals surface area contributed by atoms with Crippen LogP contribution in [0.2, 0.25) is 0 Å². The van der Waals surface area contributed by atoms with Crippen molar-refractivity contribution in [2.45, 2.75) is 19.8 Å². The molecule has 0 fully saturated rings. The van der Waals surface area contributed by atoms with Crippen LogP contribution in [0.4, 0.5) is 0 Å². The number of aryl methyl sites for hydroxylation is 1. The summed E-state index contributed by atoms with van der Waals surface area (Å²) in [6.07, 6.45) is 3.61. The third-order valence-corrected chi connectivity index (χ3v) is 3.37. The molecule has 0 bridgehead atoms. The molecule has 0 amide bonds. The Kier molecular flexibility index (Phi) is 4.00. The second-order valence-electron chi connectivity index (χ2n) is 4.82. The number of aromatic nitrogens is 2. The molecule has 1 aromatic heterocycles. The molecule has 0 aliphatic rings. The summed E-state index contributed by atoms with van der Waals surface area (Å²) in [5.41, 5.74) is 5.85. The van der Waals surface area contributed by atoms with E-state index in [0.717, 1.165) is 24.1 Å². The Bertz CT molecular complexity index is 591. The minimum absolute atomic E-state index is 0.850. The monoisotopic (exact) mass is 252 g/mol. The molecule has 2 nitrogen and oxygen atoms in total. The summed E-state index contributed by atoms with van der Waals surface area (Å²) >= 11 is 0. The molecule has 0 saturated carbocycles. The number of nitrogens with zero attached hydrogens (tertiary/aromatic N) is 2. The van der Waals surface area contributed by atoms with Gasteiger partial charge in [-0.1, -0.05) is 48.6 Å². The van der Waals surface area contributed by atoms with Gasteiger partial charge in [0, 0.05) is 23.9 Å². The first-order chi connectivity index (χ1) is 9.13. The number of hydrogen-bond donors (Lipinski definition) is 0. The van der Waals surface area contributed by atoms with Gasteiger partial charge in [0.15, 0.2) is 0 Å². The first-order valence-electron chi connectivity index (χ1n) is 6.49. The second-order valence-corrected chi connectivity index (χ2v) is 4.82. The van der Waals surface area contributed by atoms with Gasteiger partial charge < -0.3 is 0 Å². The normalized spacial score (nSPS) is 10.4. The van der Waals surface area contributed by atoms with Gasteiger partial charge in [0.25, 0.3) is 0 Å². The molecule has 2 aromatic rings. The zero-order valence-corrected chi connectivity index (χ0v) is 11.7. The number of hydrogen-bond acceptors (Lipinski definition) is 1. The van der Waals surface area contributed by atoms with Crippen molar-refractivity contribution in [3.05, 3.63) is 66.4 Å². The van der Waals surface area contributed by atoms with Crippen molar-refractivity contribution in [3.63, 3.8) is 0 Å². The molecule has 2 rings (SSSR count). The van der Waals surface area contributed by atoms with E-state index in [1.54, 1.807) is 0 Å². The highest BCUT2D eigenvalue weighted by Crippen LogP contribution is 2.27. The maximum Gasteiger partial charge on any atom is 0.0961 e. The fourth-order valence-corrected chi connectivity index (χ4v) is 2.22. The van der Waals surface area contributed by atoms with E-state index in [9.17, 15) is 0 Å². The van der Waals surface area contributed by atoms with Crippen LogP contribution in [0.5, 0.6) is 0 Å². The summed E-state index contributed by atoms with van der Waals surface area (Å²) in [7, 11) is 1.99. The Morgan fingerprint density at radius 1 is 1.32 bits per heavy atom. The lowest BCUT2D eigenvalue weighted by Crippen LogP contribution is -1.95. The van der Waals surface area contributed by atoms with Crippen LogP contribution < -0.4 is 0 Å². The lowest BCUT2D eigenvalue weighted by atomic mass is 9.99. The highest BCUT2D eigenvalue weighted by atomic mass is 15.3. The first kappa shape index (κ1) is 13.3. The molecule has 0 unspecified atom stereocenters. The van der Waals surface area contributed by atoms with Gasteiger partial charge in [-0.15, -0.1) is 6.58 Å². The van der Waals surface area contributed by atoms with Gasteiger partial charge in [-0.05, 0) is 19.8 Å². The fourth-order valence-electron chi connectivity index (χ4n) is 2.22. The Labute approximate surface area is 115 Å². The van der Waals surface area contributed by atoms with E-state index in [2.05, 4.69) is 37.3 Å². The third-order valence-electron chi connectivity index (χ3n) is 3.37. The summed E-state index contributed by atoms with van der Waals surface area (Å²) in [5.74, 6) is 0. The lowest BCUT2D eigenvalue weighted by molar-refractivity contribution is 0.740. The Hall–Kier alpha value is -2.09. The average molecular weight is 252 g/mol. The van der Waals surface area contributed by atoms with Gasteiger partial charge in [0.2, 0.25) is 0 Å². The van der Waals surface area contributed by atoms with Gasteiger partial charge in [0.1, 0.15) is 0 Å². The molecular weight excluding hydrogens is 232 g/mol. The molecule has 1 heterocycles. The van der Waals surface area contributed by atoms with E-state index < -0.39 is 0 Å². The summed E-state index contributed by atoms with van der Waals surface area (Å²) < 4.78 is 1.94. The van der Waals surface area contributed by atoms with Gasteiger partial charge in [-0.2, -0.15) is 5.10 Å². The molecule has 0 spiro atoms. The van der Waals surface area contributed by atoms with Gasteiger partial charge in [-0.25, -0.2) is 0 Å². The summed E-state index contributed by atoms with van der Waals surface area (Å²) in [6, 6.07) is 10.3. The van der Waals surface area contributed by atoms with Crippen LogP contribution >= 0.6 is 0 Å². The number of allylic oxidation sites excluding steroid dienone is 2. The largest absolute Gasteiger partial charge is 0.272 e. The van der Waals surface area contributed by atoms with Crippen LogP contribution in [0.25, 0.3) is 11.3 Å². The molecule has 98 valence electrons. The SMILES string of the molecule is C=CCC(=C)Cc1c(-c2ccccc2)nn(C)c1C. The molecule has 19 heavy (non-hydrogen) atoms. The molecule has 0 atom stereocenters. The maximum absolute atomic E-state index is 4.64. The number of rotatable bonds is 5. The van der Waals surface area contributed by atoms with Crippen molar-refractivity contribution in [2.75, 3.05) is 0 Å². The van der Waals surface area contributed by atoms with Crippen LogP contribution in [0.15, 0.2) is 55.1 Å². The molecule has 1 aromatic carbocycles. The van der Waals surface area contributed by atoms with Crippen molar-refractivity contribution >= 4 is 0 Å². The van der Waals surface area contributed by atoms with E-state index in [1.165, 1.54) is 16.8 Å². The molecular formula is C17H20N2. The van der Waals surface area contributed by atoms with Crippen molar-refractivity contribution in [3.8, 4) is 11.3 Å². The molecule has 0 aliphatic heterocycles. The molecule has 0 N–H and O–H groups in total. The molecule has 0 saturated heterocycles. The van der Waals surface area contributed by atoms with Gasteiger partial charge in [-0.3, -0.25) is 4.68 Å². The Balaban J connectivity index is 2.42. The Morgan fingerprint density at radius 2 is 2.00 bits per heavy atom. The summed E-state index contributed by atoms with van der Waals surface area (Å²) in [5, 5.41) is 4.64. The fraction of sp³-hybridized carbons (Fsp3) is 0.235. The standard InChI is InChI=1S/C17H20N2/c1-5-9-13(2)12-16-14(3)19(4)18-17(16)15-10-7-6-8-11-15/h5-8,10-11H,1-2,9,12H2,3-4H3. The minimum atomic E-state index is 0.850. The van der Waals surface area contributed by atoms with Crippen molar-refractivity contribution < 1.29 is 0 Å². The van der Waals surface area contributed by atoms with E-state index in [1.807, 2.05) is 36.0 Å². The highest BCUT2D eigenvalue weighted by Gasteiger charge is 2.14. The highest BCUT2D eigenvalue weighted by molar-refractivity contribution is 5.64. The molecule has 0 aliphatic carbocycles. The van der Waals surface area contributed by atoms with E-state index in [0.29, 0.717) is 0 Å². The first-order valence-corrected chi connectivity index (χ1v) is 6.49. The third kappa shape index (κ3) is 2.84. The molecule has 0 radical (unpaired) electrons.